The number of benzene rings is 3. The van der Waals surface area contributed by atoms with Gasteiger partial charge in [-0.3, -0.25) is 14.4 Å². The highest BCUT2D eigenvalue weighted by Gasteiger charge is 2.32. The number of nitrogens with zero attached hydrogens (tertiary/aromatic N) is 1. The summed E-state index contributed by atoms with van der Waals surface area (Å²) >= 11 is 0. The van der Waals surface area contributed by atoms with Gasteiger partial charge in [0.2, 0.25) is 0 Å². The zero-order chi connectivity index (χ0) is 20.7. The Kier molecular flexibility index (Phi) is 4.39. The fourth-order valence-corrected chi connectivity index (χ4v) is 3.47. The van der Waals surface area contributed by atoms with Crippen molar-refractivity contribution in [2.24, 2.45) is 0 Å². The van der Waals surface area contributed by atoms with Gasteiger partial charge in [-0.15, -0.1) is 0 Å². The molecule has 3 aromatic rings. The minimum Gasteiger partial charge on any atom is -0.397 e. The number of nitrogens with two attached hydrogens (primary N) is 1. The summed E-state index contributed by atoms with van der Waals surface area (Å²) in [5.41, 5.74) is 8.85. The van der Waals surface area contributed by atoms with E-state index in [1.807, 2.05) is 37.2 Å². The Hall–Kier alpha value is -3.93. The van der Waals surface area contributed by atoms with Crippen molar-refractivity contribution < 1.29 is 14.4 Å². The number of amides is 1. The van der Waals surface area contributed by atoms with Crippen molar-refractivity contribution in [1.29, 1.82) is 0 Å². The van der Waals surface area contributed by atoms with Gasteiger partial charge in [0.15, 0.2) is 11.6 Å². The third kappa shape index (κ3) is 3.04. The Labute approximate surface area is 167 Å². The lowest BCUT2D eigenvalue weighted by molar-refractivity contribution is 0.0978. The van der Waals surface area contributed by atoms with Gasteiger partial charge >= 0.3 is 0 Å². The molecular formula is C23H19N3O3. The molecule has 0 spiro atoms. The van der Waals surface area contributed by atoms with Crippen LogP contribution in [-0.4, -0.2) is 31.6 Å². The third-order valence-corrected chi connectivity index (χ3v) is 5.00. The lowest BCUT2D eigenvalue weighted by atomic mass is 9.82. The number of carbonyl (C=O) groups is 3. The van der Waals surface area contributed by atoms with Crippen LogP contribution in [0.2, 0.25) is 0 Å². The van der Waals surface area contributed by atoms with Crippen molar-refractivity contribution in [3.8, 4) is 0 Å². The number of anilines is 3. The minimum absolute atomic E-state index is 0.0108. The molecule has 6 nitrogen and oxygen atoms in total. The second-order valence-electron chi connectivity index (χ2n) is 7.05. The van der Waals surface area contributed by atoms with Gasteiger partial charge in [-0.2, -0.15) is 0 Å². The summed E-state index contributed by atoms with van der Waals surface area (Å²) in [5.74, 6) is -1.06. The molecule has 1 amide bonds. The normalized spacial score (nSPS) is 12.2. The van der Waals surface area contributed by atoms with E-state index in [0.29, 0.717) is 16.8 Å². The van der Waals surface area contributed by atoms with Crippen LogP contribution in [-0.2, 0) is 0 Å². The van der Waals surface area contributed by atoms with Gasteiger partial charge in [0.25, 0.3) is 5.91 Å². The lowest BCUT2D eigenvalue weighted by Gasteiger charge is -2.20. The van der Waals surface area contributed by atoms with Crippen molar-refractivity contribution in [3.05, 3.63) is 88.5 Å². The maximum atomic E-state index is 13.0. The number of hydrogen-bond acceptors (Lipinski definition) is 5. The van der Waals surface area contributed by atoms with E-state index in [1.54, 1.807) is 30.3 Å². The molecule has 1 aliphatic carbocycles. The average Bonchev–Trinajstić information content (AvgIpc) is 2.72. The molecule has 3 N–H and O–H groups in total. The largest absolute Gasteiger partial charge is 0.397 e. The van der Waals surface area contributed by atoms with Gasteiger partial charge in [-0.25, -0.2) is 0 Å². The van der Waals surface area contributed by atoms with E-state index < -0.39 is 5.91 Å². The van der Waals surface area contributed by atoms with Crippen LogP contribution in [0.15, 0.2) is 60.7 Å². The van der Waals surface area contributed by atoms with E-state index in [0.717, 1.165) is 5.69 Å². The number of nitrogens with one attached hydrogen (secondary N) is 1. The Morgan fingerprint density at radius 3 is 2.24 bits per heavy atom. The molecule has 0 bridgehead atoms. The topological polar surface area (TPSA) is 92.5 Å². The van der Waals surface area contributed by atoms with Gasteiger partial charge in [0.05, 0.1) is 16.8 Å². The fourth-order valence-electron chi connectivity index (χ4n) is 3.47. The summed E-state index contributed by atoms with van der Waals surface area (Å²) in [7, 11) is 3.81. The van der Waals surface area contributed by atoms with E-state index >= 15 is 0 Å². The molecule has 0 fully saturated rings. The van der Waals surface area contributed by atoms with Crippen molar-refractivity contribution in [1.82, 2.24) is 0 Å². The first kappa shape index (κ1) is 18.4. The van der Waals surface area contributed by atoms with Crippen LogP contribution >= 0.6 is 0 Å². The Morgan fingerprint density at radius 2 is 1.55 bits per heavy atom. The van der Waals surface area contributed by atoms with Gasteiger partial charge in [-0.05, 0) is 30.3 Å². The van der Waals surface area contributed by atoms with Crippen LogP contribution in [0.3, 0.4) is 0 Å². The first-order chi connectivity index (χ1) is 13.9. The number of hydrogen-bond donors (Lipinski definition) is 2. The van der Waals surface area contributed by atoms with Crippen molar-refractivity contribution in [2.75, 3.05) is 30.0 Å². The van der Waals surface area contributed by atoms with Crippen LogP contribution in [0.4, 0.5) is 17.1 Å². The maximum Gasteiger partial charge on any atom is 0.257 e. The summed E-state index contributed by atoms with van der Waals surface area (Å²) in [6.07, 6.45) is 0. The molecule has 29 heavy (non-hydrogen) atoms. The number of rotatable bonds is 3. The zero-order valence-corrected chi connectivity index (χ0v) is 16.0. The fraction of sp³-hybridized carbons (Fsp3) is 0.0870. The highest BCUT2D eigenvalue weighted by Crippen LogP contribution is 2.33. The minimum atomic E-state index is -0.444. The smallest absolute Gasteiger partial charge is 0.257 e. The molecule has 0 radical (unpaired) electrons. The van der Waals surface area contributed by atoms with E-state index in [9.17, 15) is 14.4 Å². The Bertz CT molecular complexity index is 1180. The number of nitrogen functional groups attached to an aromatic ring is 1. The first-order valence-corrected chi connectivity index (χ1v) is 9.08. The standard InChI is InChI=1S/C23H19N3O3/c1-26(2)14-7-5-6-13(12-14)25-23(29)18-11-10-17-19(20(18)24)22(28)16-9-4-3-8-15(16)21(17)27/h3-12H,24H2,1-2H3,(H,25,29). The van der Waals surface area contributed by atoms with Gasteiger partial charge in [0.1, 0.15) is 0 Å². The second kappa shape index (κ2) is 6.91. The summed E-state index contributed by atoms with van der Waals surface area (Å²) in [6, 6.07) is 16.9. The van der Waals surface area contributed by atoms with Crippen molar-refractivity contribution in [2.45, 2.75) is 0 Å². The summed E-state index contributed by atoms with van der Waals surface area (Å²) < 4.78 is 0. The summed E-state index contributed by atoms with van der Waals surface area (Å²) in [5, 5.41) is 2.80. The van der Waals surface area contributed by atoms with Crippen molar-refractivity contribution in [3.63, 3.8) is 0 Å². The summed E-state index contributed by atoms with van der Waals surface area (Å²) in [4.78, 5) is 40.5. The molecule has 0 heterocycles. The molecular weight excluding hydrogens is 366 g/mol. The summed E-state index contributed by atoms with van der Waals surface area (Å²) in [6.45, 7) is 0. The zero-order valence-electron chi connectivity index (χ0n) is 16.0. The Balaban J connectivity index is 1.72. The van der Waals surface area contributed by atoms with Crippen LogP contribution in [0.25, 0.3) is 0 Å². The quantitative estimate of drug-likeness (QED) is 0.528. The number of fused-ring (bicyclic) bond motifs is 2. The Morgan fingerprint density at radius 1 is 0.862 bits per heavy atom. The molecule has 3 aromatic carbocycles. The highest BCUT2D eigenvalue weighted by atomic mass is 16.2. The SMILES string of the molecule is CN(C)c1cccc(NC(=O)c2ccc3c(c2N)C(=O)c2ccccc2C3=O)c1. The predicted molar refractivity (Wildman–Crippen MR) is 113 cm³/mol. The molecule has 0 atom stereocenters. The van der Waals surface area contributed by atoms with Gasteiger partial charge in [-0.1, -0.05) is 30.3 Å². The molecule has 0 aromatic heterocycles. The van der Waals surface area contributed by atoms with Crippen LogP contribution in [0.1, 0.15) is 42.2 Å². The van der Waals surface area contributed by atoms with Crippen molar-refractivity contribution >= 4 is 34.5 Å². The molecule has 0 aliphatic heterocycles. The molecule has 6 heteroatoms. The molecule has 4 rings (SSSR count). The monoisotopic (exact) mass is 385 g/mol. The molecule has 0 saturated heterocycles. The lowest BCUT2D eigenvalue weighted by Crippen LogP contribution is -2.24. The van der Waals surface area contributed by atoms with Crippen LogP contribution in [0.5, 0.6) is 0 Å². The van der Waals surface area contributed by atoms with Crippen LogP contribution in [0, 0.1) is 0 Å². The molecule has 144 valence electrons. The highest BCUT2D eigenvalue weighted by molar-refractivity contribution is 6.31. The third-order valence-electron chi connectivity index (χ3n) is 5.00. The molecule has 1 aliphatic rings. The van der Waals surface area contributed by atoms with E-state index in [1.165, 1.54) is 12.1 Å². The predicted octanol–water partition coefficient (Wildman–Crippen LogP) is 3.36. The second-order valence-corrected chi connectivity index (χ2v) is 7.05. The molecule has 0 saturated carbocycles. The van der Waals surface area contributed by atoms with E-state index in [4.69, 9.17) is 5.73 Å². The van der Waals surface area contributed by atoms with Crippen LogP contribution < -0.4 is 16.0 Å². The first-order valence-electron chi connectivity index (χ1n) is 9.08. The maximum absolute atomic E-state index is 13.0. The van der Waals surface area contributed by atoms with E-state index in [2.05, 4.69) is 5.32 Å². The average molecular weight is 385 g/mol. The molecule has 0 unspecified atom stereocenters. The number of ketones is 2. The van der Waals surface area contributed by atoms with Gasteiger partial charge in [0, 0.05) is 42.2 Å². The van der Waals surface area contributed by atoms with Gasteiger partial charge < -0.3 is 16.0 Å². The number of carbonyl (C=O) groups excluding carboxylic acids is 3. The van der Waals surface area contributed by atoms with E-state index in [-0.39, 0.29) is 33.9 Å².